The summed E-state index contributed by atoms with van der Waals surface area (Å²) in [6, 6.07) is 3.16. The van der Waals surface area contributed by atoms with Crippen LogP contribution in [0.5, 0.6) is 5.75 Å². The number of hydrogen-bond donors (Lipinski definition) is 1. The van der Waals surface area contributed by atoms with E-state index in [9.17, 15) is 13.5 Å². The number of nitrogens with zero attached hydrogens (tertiary/aromatic N) is 1. The van der Waals surface area contributed by atoms with Crippen molar-refractivity contribution in [3.8, 4) is 5.75 Å². The molecule has 2 aliphatic rings. The van der Waals surface area contributed by atoms with Crippen LogP contribution >= 0.6 is 11.6 Å². The van der Waals surface area contributed by atoms with Gasteiger partial charge in [-0.05, 0) is 63.1 Å². The molecule has 24 heavy (non-hydrogen) atoms. The van der Waals surface area contributed by atoms with Crippen molar-refractivity contribution in [1.82, 2.24) is 4.31 Å². The van der Waals surface area contributed by atoms with Crippen LogP contribution in [0.2, 0.25) is 5.02 Å². The molecule has 1 heterocycles. The van der Waals surface area contributed by atoms with Gasteiger partial charge in [-0.15, -0.1) is 0 Å². The highest BCUT2D eigenvalue weighted by atomic mass is 35.5. The maximum atomic E-state index is 13.0. The molecular weight excluding hydrogens is 350 g/mol. The highest BCUT2D eigenvalue weighted by Crippen LogP contribution is 2.47. The first-order chi connectivity index (χ1) is 11.3. The number of ether oxygens (including phenoxy) is 1. The van der Waals surface area contributed by atoms with Crippen molar-refractivity contribution in [2.75, 3.05) is 19.7 Å². The van der Waals surface area contributed by atoms with Gasteiger partial charge in [-0.25, -0.2) is 8.42 Å². The molecule has 1 saturated carbocycles. The number of rotatable bonds is 5. The highest BCUT2D eigenvalue weighted by Gasteiger charge is 2.49. The molecule has 0 aromatic heterocycles. The van der Waals surface area contributed by atoms with Crippen LogP contribution in [-0.4, -0.2) is 43.1 Å². The fraction of sp³-hybridized carbons (Fsp3) is 0.647. The molecule has 0 amide bonds. The summed E-state index contributed by atoms with van der Waals surface area (Å²) in [6.07, 6.45) is 3.07. The van der Waals surface area contributed by atoms with Crippen molar-refractivity contribution in [1.29, 1.82) is 0 Å². The van der Waals surface area contributed by atoms with Gasteiger partial charge in [0.15, 0.2) is 0 Å². The van der Waals surface area contributed by atoms with Gasteiger partial charge in [0.1, 0.15) is 10.6 Å². The first-order valence-corrected chi connectivity index (χ1v) is 10.2. The number of piperidine rings is 1. The van der Waals surface area contributed by atoms with Gasteiger partial charge < -0.3 is 9.84 Å². The minimum atomic E-state index is -3.66. The van der Waals surface area contributed by atoms with Gasteiger partial charge >= 0.3 is 0 Å². The Hall–Kier alpha value is -0.820. The van der Waals surface area contributed by atoms with E-state index in [-0.39, 0.29) is 10.8 Å². The summed E-state index contributed by atoms with van der Waals surface area (Å²) >= 11 is 6.15. The Morgan fingerprint density at radius 1 is 1.33 bits per heavy atom. The number of halogens is 1. The Morgan fingerprint density at radius 2 is 1.96 bits per heavy atom. The van der Waals surface area contributed by atoms with E-state index in [1.54, 1.807) is 6.07 Å². The molecule has 1 saturated heterocycles. The Labute approximate surface area is 148 Å². The molecule has 1 aliphatic heterocycles. The highest BCUT2D eigenvalue weighted by molar-refractivity contribution is 7.89. The van der Waals surface area contributed by atoms with Crippen LogP contribution in [0.3, 0.4) is 0 Å². The van der Waals surface area contributed by atoms with E-state index in [0.717, 1.165) is 18.4 Å². The molecule has 3 rings (SSSR count). The molecule has 2 fully saturated rings. The van der Waals surface area contributed by atoms with E-state index in [2.05, 4.69) is 0 Å². The second-order valence-corrected chi connectivity index (χ2v) is 9.08. The summed E-state index contributed by atoms with van der Waals surface area (Å²) in [4.78, 5) is 0.128. The smallest absolute Gasteiger partial charge is 0.246 e. The first kappa shape index (κ1) is 18.0. The summed E-state index contributed by atoms with van der Waals surface area (Å²) in [5, 5.41) is 10.7. The molecule has 1 aromatic rings. The third kappa shape index (κ3) is 3.29. The second kappa shape index (κ2) is 6.48. The predicted octanol–water partition coefficient (Wildman–Crippen LogP) is 2.97. The van der Waals surface area contributed by atoms with Crippen molar-refractivity contribution in [2.45, 2.75) is 50.0 Å². The van der Waals surface area contributed by atoms with Gasteiger partial charge in [0.05, 0.1) is 12.2 Å². The van der Waals surface area contributed by atoms with Gasteiger partial charge in [-0.2, -0.15) is 4.31 Å². The van der Waals surface area contributed by atoms with Crippen LogP contribution < -0.4 is 4.74 Å². The zero-order valence-corrected chi connectivity index (χ0v) is 15.7. The van der Waals surface area contributed by atoms with E-state index in [1.807, 2.05) is 13.8 Å². The lowest BCUT2D eigenvalue weighted by Gasteiger charge is -2.34. The van der Waals surface area contributed by atoms with Gasteiger partial charge in [0, 0.05) is 18.1 Å². The van der Waals surface area contributed by atoms with E-state index >= 15 is 0 Å². The molecular formula is C17H24ClNO4S. The molecule has 0 radical (unpaired) electrons. The van der Waals surface area contributed by atoms with E-state index in [1.165, 1.54) is 10.4 Å². The zero-order chi connectivity index (χ0) is 17.5. The molecule has 0 bridgehead atoms. The van der Waals surface area contributed by atoms with Crippen LogP contribution in [-0.2, 0) is 10.0 Å². The van der Waals surface area contributed by atoms with E-state index in [0.29, 0.717) is 43.3 Å². The number of benzene rings is 1. The fourth-order valence-electron chi connectivity index (χ4n) is 3.42. The Bertz CT molecular complexity index is 722. The molecule has 134 valence electrons. The summed E-state index contributed by atoms with van der Waals surface area (Å²) in [5.41, 5.74) is 0.244. The lowest BCUT2D eigenvalue weighted by atomic mass is 9.90. The van der Waals surface area contributed by atoms with Gasteiger partial charge in [0.25, 0.3) is 0 Å². The predicted molar refractivity (Wildman–Crippen MR) is 93.0 cm³/mol. The topological polar surface area (TPSA) is 66.8 Å². The van der Waals surface area contributed by atoms with E-state index in [4.69, 9.17) is 16.3 Å². The van der Waals surface area contributed by atoms with Crippen molar-refractivity contribution in [2.24, 2.45) is 5.92 Å². The number of aliphatic hydroxyl groups is 1. The Morgan fingerprint density at radius 3 is 2.50 bits per heavy atom. The third-order valence-electron chi connectivity index (χ3n) is 5.12. The summed E-state index contributed by atoms with van der Waals surface area (Å²) in [5.74, 6) is 0.555. The van der Waals surface area contributed by atoms with Crippen LogP contribution in [0, 0.1) is 12.8 Å². The van der Waals surface area contributed by atoms with Gasteiger partial charge in [-0.1, -0.05) is 11.6 Å². The average Bonchev–Trinajstić information content (AvgIpc) is 3.30. The average molecular weight is 374 g/mol. The van der Waals surface area contributed by atoms with Crippen LogP contribution in [0.25, 0.3) is 0 Å². The van der Waals surface area contributed by atoms with Gasteiger partial charge in [0.2, 0.25) is 10.0 Å². The SMILES string of the molecule is CCOc1cc(C)c(Cl)cc1S(=O)(=O)N1CCC(C2(O)CC2)CC1. The first-order valence-electron chi connectivity index (χ1n) is 8.43. The van der Waals surface area contributed by atoms with Gasteiger partial charge in [-0.3, -0.25) is 0 Å². The zero-order valence-electron chi connectivity index (χ0n) is 14.1. The maximum absolute atomic E-state index is 13.0. The maximum Gasteiger partial charge on any atom is 0.246 e. The number of aryl methyl sites for hydroxylation is 1. The quantitative estimate of drug-likeness (QED) is 0.861. The van der Waals surface area contributed by atoms with Crippen molar-refractivity contribution < 1.29 is 18.3 Å². The lowest BCUT2D eigenvalue weighted by Crippen LogP contribution is -2.41. The lowest BCUT2D eigenvalue weighted by molar-refractivity contribution is 0.0534. The largest absolute Gasteiger partial charge is 0.492 e. The summed E-state index contributed by atoms with van der Waals surface area (Å²) in [7, 11) is -3.66. The second-order valence-electron chi connectivity index (χ2n) is 6.76. The number of sulfonamides is 1. The number of hydrogen-bond acceptors (Lipinski definition) is 4. The molecule has 0 spiro atoms. The summed E-state index contributed by atoms with van der Waals surface area (Å²) in [6.45, 7) is 4.88. The summed E-state index contributed by atoms with van der Waals surface area (Å²) < 4.78 is 33.1. The molecule has 1 aromatic carbocycles. The van der Waals surface area contributed by atoms with Crippen LogP contribution in [0.1, 0.15) is 38.2 Å². The fourth-order valence-corrected chi connectivity index (χ4v) is 5.25. The minimum Gasteiger partial charge on any atom is -0.492 e. The van der Waals surface area contributed by atoms with Crippen LogP contribution in [0.15, 0.2) is 17.0 Å². The molecule has 1 N–H and O–H groups in total. The Kier molecular flexibility index (Phi) is 4.86. The van der Waals surface area contributed by atoms with Crippen molar-refractivity contribution >= 4 is 21.6 Å². The monoisotopic (exact) mass is 373 g/mol. The molecule has 0 atom stereocenters. The third-order valence-corrected chi connectivity index (χ3v) is 7.45. The normalized spacial score (nSPS) is 21.7. The van der Waals surface area contributed by atoms with Crippen molar-refractivity contribution in [3.63, 3.8) is 0 Å². The van der Waals surface area contributed by atoms with Crippen LogP contribution in [0.4, 0.5) is 0 Å². The molecule has 0 unspecified atom stereocenters. The van der Waals surface area contributed by atoms with E-state index < -0.39 is 15.6 Å². The Balaban J connectivity index is 1.84. The standard InChI is InChI=1S/C17H24ClNO4S/c1-3-23-15-10-12(2)14(18)11-16(15)24(21,22)19-8-4-13(5-9-19)17(20)6-7-17/h10-11,13,20H,3-9H2,1-2H3. The molecule has 5 nitrogen and oxygen atoms in total. The molecule has 7 heteroatoms. The van der Waals surface area contributed by atoms with Crippen molar-refractivity contribution in [3.05, 3.63) is 22.7 Å². The molecule has 1 aliphatic carbocycles. The minimum absolute atomic E-state index is 0.128.